The van der Waals surface area contributed by atoms with Gasteiger partial charge < -0.3 is 20.2 Å². The van der Waals surface area contributed by atoms with E-state index in [0.717, 1.165) is 32.4 Å². The van der Waals surface area contributed by atoms with E-state index in [-0.39, 0.29) is 23.3 Å². The van der Waals surface area contributed by atoms with Crippen LogP contribution in [0.4, 0.5) is 4.79 Å². The first-order valence-electron chi connectivity index (χ1n) is 9.74. The second-order valence-electron chi connectivity index (χ2n) is 8.76. The van der Waals surface area contributed by atoms with Crippen molar-refractivity contribution >= 4 is 17.9 Å². The number of amides is 3. The van der Waals surface area contributed by atoms with Crippen LogP contribution in [0.2, 0.25) is 0 Å². The largest absolute Gasteiger partial charge is 0.480 e. The van der Waals surface area contributed by atoms with Gasteiger partial charge in [0.15, 0.2) is 0 Å². The summed E-state index contributed by atoms with van der Waals surface area (Å²) in [6.07, 6.45) is 4.68. The second-order valence-corrected chi connectivity index (χ2v) is 8.76. The molecule has 0 aromatic rings. The first-order valence-corrected chi connectivity index (χ1v) is 9.74. The molecule has 2 atom stereocenters. The van der Waals surface area contributed by atoms with Gasteiger partial charge in [-0.15, -0.1) is 0 Å². The molecular weight excluding hydrogens is 334 g/mol. The number of carboxylic acid groups (broad SMARTS) is 1. The van der Waals surface area contributed by atoms with E-state index in [0.29, 0.717) is 32.4 Å². The fourth-order valence-corrected chi connectivity index (χ4v) is 3.60. The number of likely N-dealkylation sites (tertiary alicyclic amines) is 2. The van der Waals surface area contributed by atoms with Crippen molar-refractivity contribution < 1.29 is 19.5 Å². The van der Waals surface area contributed by atoms with Gasteiger partial charge in [0.1, 0.15) is 6.04 Å². The van der Waals surface area contributed by atoms with E-state index in [2.05, 4.69) is 26.1 Å². The number of hydrogen-bond acceptors (Lipinski definition) is 3. The molecule has 2 unspecified atom stereocenters. The van der Waals surface area contributed by atoms with Gasteiger partial charge in [-0.1, -0.05) is 20.8 Å². The van der Waals surface area contributed by atoms with Gasteiger partial charge in [-0.3, -0.25) is 4.79 Å². The van der Waals surface area contributed by atoms with Crippen LogP contribution >= 0.6 is 0 Å². The van der Waals surface area contributed by atoms with Gasteiger partial charge in [-0.05, 0) is 43.9 Å². The number of urea groups is 1. The first-order chi connectivity index (χ1) is 12.2. The molecule has 0 radical (unpaired) electrons. The Morgan fingerprint density at radius 2 is 1.69 bits per heavy atom. The smallest absolute Gasteiger partial charge is 0.326 e. The van der Waals surface area contributed by atoms with Crippen molar-refractivity contribution in [3.05, 3.63) is 0 Å². The average Bonchev–Trinajstić information content (AvgIpc) is 3.11. The summed E-state index contributed by atoms with van der Waals surface area (Å²) in [7, 11) is 0. The molecule has 2 fully saturated rings. The van der Waals surface area contributed by atoms with Crippen molar-refractivity contribution in [2.75, 3.05) is 26.2 Å². The van der Waals surface area contributed by atoms with Crippen molar-refractivity contribution in [1.82, 2.24) is 15.1 Å². The lowest BCUT2D eigenvalue weighted by molar-refractivity contribution is -0.143. The molecule has 0 aromatic heterocycles. The summed E-state index contributed by atoms with van der Waals surface area (Å²) in [5.41, 5.74) is 0.0161. The number of carbonyl (C=O) groups is 3. The molecule has 7 nitrogen and oxygen atoms in total. The Morgan fingerprint density at radius 1 is 1.08 bits per heavy atom. The maximum atomic E-state index is 12.6. The van der Waals surface area contributed by atoms with Gasteiger partial charge in [-0.25, -0.2) is 9.59 Å². The molecule has 2 aliphatic heterocycles. The van der Waals surface area contributed by atoms with Crippen LogP contribution in [0.1, 0.15) is 59.3 Å². The Bertz CT molecular complexity index is 523. The molecule has 148 valence electrons. The van der Waals surface area contributed by atoms with E-state index < -0.39 is 12.0 Å². The molecule has 2 N–H and O–H groups in total. The number of nitrogens with zero attached hydrogens (tertiary/aromatic N) is 2. The predicted octanol–water partition coefficient (Wildman–Crippen LogP) is 2.31. The Hall–Kier alpha value is -1.79. The summed E-state index contributed by atoms with van der Waals surface area (Å²) in [5, 5.41) is 12.1. The molecule has 0 spiro atoms. The Kier molecular flexibility index (Phi) is 6.89. The van der Waals surface area contributed by atoms with Crippen LogP contribution in [-0.4, -0.2) is 65.0 Å². The number of carboxylic acids is 1. The van der Waals surface area contributed by atoms with E-state index in [1.807, 2.05) is 4.90 Å². The van der Waals surface area contributed by atoms with Crippen LogP contribution in [0, 0.1) is 11.3 Å². The molecule has 2 heterocycles. The van der Waals surface area contributed by atoms with Gasteiger partial charge in [0.25, 0.3) is 0 Å². The highest BCUT2D eigenvalue weighted by Gasteiger charge is 2.33. The minimum atomic E-state index is -0.997. The summed E-state index contributed by atoms with van der Waals surface area (Å²) >= 11 is 0. The van der Waals surface area contributed by atoms with Crippen LogP contribution in [0.25, 0.3) is 0 Å². The van der Waals surface area contributed by atoms with E-state index in [1.54, 1.807) is 4.90 Å². The van der Waals surface area contributed by atoms with Crippen LogP contribution in [0.15, 0.2) is 0 Å². The van der Waals surface area contributed by atoms with Crippen molar-refractivity contribution in [1.29, 1.82) is 0 Å². The number of carbonyl (C=O) groups excluding carboxylic acids is 2. The number of piperidine rings is 1. The number of rotatable bonds is 5. The highest BCUT2D eigenvalue weighted by Crippen LogP contribution is 2.23. The number of aliphatic carboxylic acids is 1. The molecule has 0 aromatic carbocycles. The molecule has 0 bridgehead atoms. The van der Waals surface area contributed by atoms with E-state index in [1.165, 1.54) is 0 Å². The zero-order chi connectivity index (χ0) is 19.3. The Balaban J connectivity index is 1.90. The summed E-state index contributed by atoms with van der Waals surface area (Å²) in [6.45, 7) is 8.79. The van der Waals surface area contributed by atoms with E-state index in [4.69, 9.17) is 0 Å². The quantitative estimate of drug-likeness (QED) is 0.780. The van der Waals surface area contributed by atoms with E-state index in [9.17, 15) is 19.5 Å². The normalized spacial score (nSPS) is 22.2. The monoisotopic (exact) mass is 367 g/mol. The van der Waals surface area contributed by atoms with Crippen LogP contribution in [0.5, 0.6) is 0 Å². The lowest BCUT2D eigenvalue weighted by Crippen LogP contribution is -2.51. The third kappa shape index (κ3) is 5.88. The summed E-state index contributed by atoms with van der Waals surface area (Å²) in [6, 6.07) is -0.853. The molecule has 3 amide bonds. The Morgan fingerprint density at radius 3 is 2.27 bits per heavy atom. The molecular formula is C19H33N3O4. The maximum Gasteiger partial charge on any atom is 0.326 e. The molecule has 0 saturated carbocycles. The topological polar surface area (TPSA) is 90.0 Å². The predicted molar refractivity (Wildman–Crippen MR) is 98.8 cm³/mol. The standard InChI is InChI=1S/C19H33N3O4/c1-19(2,3)9-8-15(17(24)25)20-16(23)14-7-6-12-22(13-14)18(26)21-10-4-5-11-21/h14-15H,4-13H2,1-3H3,(H,20,23)(H,24,25). The SMILES string of the molecule is CC(C)(C)CCC(NC(=O)C1CCCN(C(=O)N2CCCC2)C1)C(=O)O. The summed E-state index contributed by atoms with van der Waals surface area (Å²) < 4.78 is 0. The van der Waals surface area contributed by atoms with Crippen molar-refractivity contribution in [2.24, 2.45) is 11.3 Å². The molecule has 7 heteroatoms. The molecule has 0 aliphatic carbocycles. The van der Waals surface area contributed by atoms with Gasteiger partial charge in [0, 0.05) is 26.2 Å². The zero-order valence-electron chi connectivity index (χ0n) is 16.3. The van der Waals surface area contributed by atoms with Crippen LogP contribution in [0.3, 0.4) is 0 Å². The maximum absolute atomic E-state index is 12.6. The fourth-order valence-electron chi connectivity index (χ4n) is 3.60. The van der Waals surface area contributed by atoms with Gasteiger partial charge in [-0.2, -0.15) is 0 Å². The first kappa shape index (κ1) is 20.5. The van der Waals surface area contributed by atoms with Crippen molar-refractivity contribution in [3.8, 4) is 0 Å². The third-order valence-corrected chi connectivity index (χ3v) is 5.24. The molecule has 2 aliphatic rings. The lowest BCUT2D eigenvalue weighted by atomic mass is 9.88. The van der Waals surface area contributed by atoms with Gasteiger partial charge in [0.2, 0.25) is 5.91 Å². The highest BCUT2D eigenvalue weighted by molar-refractivity contribution is 5.85. The number of hydrogen-bond donors (Lipinski definition) is 2. The van der Waals surface area contributed by atoms with Crippen LogP contribution in [-0.2, 0) is 9.59 Å². The minimum absolute atomic E-state index is 0.0161. The minimum Gasteiger partial charge on any atom is -0.480 e. The third-order valence-electron chi connectivity index (χ3n) is 5.24. The second kappa shape index (κ2) is 8.73. The summed E-state index contributed by atoms with van der Waals surface area (Å²) in [4.78, 5) is 40.2. The van der Waals surface area contributed by atoms with Gasteiger partial charge in [0.05, 0.1) is 5.92 Å². The fraction of sp³-hybridized carbons (Fsp3) is 0.842. The van der Waals surface area contributed by atoms with Crippen molar-refractivity contribution in [3.63, 3.8) is 0 Å². The summed E-state index contributed by atoms with van der Waals surface area (Å²) in [5.74, 6) is -1.57. The van der Waals surface area contributed by atoms with Gasteiger partial charge >= 0.3 is 12.0 Å². The average molecular weight is 367 g/mol. The molecule has 2 rings (SSSR count). The lowest BCUT2D eigenvalue weighted by Gasteiger charge is -2.35. The van der Waals surface area contributed by atoms with E-state index >= 15 is 0 Å². The number of nitrogens with one attached hydrogen (secondary N) is 1. The highest BCUT2D eigenvalue weighted by atomic mass is 16.4. The van der Waals surface area contributed by atoms with Crippen molar-refractivity contribution in [2.45, 2.75) is 65.3 Å². The zero-order valence-corrected chi connectivity index (χ0v) is 16.3. The Labute approximate surface area is 156 Å². The van der Waals surface area contributed by atoms with Crippen LogP contribution < -0.4 is 5.32 Å². The molecule has 2 saturated heterocycles. The molecule has 26 heavy (non-hydrogen) atoms.